The van der Waals surface area contributed by atoms with E-state index in [2.05, 4.69) is 26.0 Å². The van der Waals surface area contributed by atoms with Crippen molar-refractivity contribution >= 4 is 33.9 Å². The van der Waals surface area contributed by atoms with Crippen LogP contribution < -0.4 is 5.32 Å². The Balaban J connectivity index is 2.68. The second-order valence-corrected chi connectivity index (χ2v) is 4.67. The molecule has 1 aromatic rings. The van der Waals surface area contributed by atoms with Crippen LogP contribution in [0.3, 0.4) is 0 Å². The van der Waals surface area contributed by atoms with Gasteiger partial charge in [-0.15, -0.1) is 0 Å². The second-order valence-electron chi connectivity index (χ2n) is 3.75. The summed E-state index contributed by atoms with van der Waals surface area (Å²) < 4.78 is 18.6. The van der Waals surface area contributed by atoms with E-state index in [0.29, 0.717) is 4.47 Å². The van der Waals surface area contributed by atoms with Crippen LogP contribution in [0.1, 0.15) is 12.5 Å². The lowest BCUT2D eigenvalue weighted by atomic mass is 10.2. The fourth-order valence-corrected chi connectivity index (χ4v) is 1.68. The van der Waals surface area contributed by atoms with Crippen LogP contribution in [0.15, 0.2) is 28.7 Å². The van der Waals surface area contributed by atoms with Crippen LogP contribution in [0.4, 0.5) is 4.39 Å². The van der Waals surface area contributed by atoms with Crippen molar-refractivity contribution in [1.29, 1.82) is 0 Å². The zero-order chi connectivity index (χ0) is 14.4. The molecular formula is C13H13BrFNO3. The number of amides is 1. The first-order chi connectivity index (χ1) is 8.93. The Labute approximate surface area is 118 Å². The van der Waals surface area contributed by atoms with E-state index in [1.807, 2.05) is 0 Å². The van der Waals surface area contributed by atoms with Gasteiger partial charge in [-0.1, -0.05) is 15.9 Å². The van der Waals surface area contributed by atoms with E-state index in [1.165, 1.54) is 26.2 Å². The summed E-state index contributed by atoms with van der Waals surface area (Å²) in [5.74, 6) is -1.49. The lowest BCUT2D eigenvalue weighted by molar-refractivity contribution is -0.144. The molecule has 1 N–H and O–H groups in total. The average molecular weight is 330 g/mol. The Bertz CT molecular complexity index is 517. The summed E-state index contributed by atoms with van der Waals surface area (Å²) in [5.41, 5.74) is 0.273. The van der Waals surface area contributed by atoms with Gasteiger partial charge in [-0.05, 0) is 31.2 Å². The van der Waals surface area contributed by atoms with E-state index in [9.17, 15) is 14.0 Å². The maximum Gasteiger partial charge on any atom is 0.328 e. The van der Waals surface area contributed by atoms with Crippen LogP contribution in [0.2, 0.25) is 0 Å². The largest absolute Gasteiger partial charge is 0.467 e. The van der Waals surface area contributed by atoms with Crippen LogP contribution in [0, 0.1) is 5.82 Å². The van der Waals surface area contributed by atoms with Gasteiger partial charge in [-0.2, -0.15) is 0 Å². The van der Waals surface area contributed by atoms with E-state index >= 15 is 0 Å². The van der Waals surface area contributed by atoms with Gasteiger partial charge < -0.3 is 10.1 Å². The predicted octanol–water partition coefficient (Wildman–Crippen LogP) is 2.28. The molecule has 0 saturated carbocycles. The number of rotatable bonds is 4. The standard InChI is InChI=1S/C13H13BrFNO3/c1-8(13(18)19-2)16-12(17)6-3-9-7-10(14)4-5-11(9)15/h3-8H,1-2H3,(H,16,17)/b6-3-/t8-/m1/s1. The molecule has 0 heterocycles. The highest BCUT2D eigenvalue weighted by molar-refractivity contribution is 9.10. The summed E-state index contributed by atoms with van der Waals surface area (Å²) >= 11 is 3.21. The van der Waals surface area contributed by atoms with Crippen molar-refractivity contribution in [3.63, 3.8) is 0 Å². The van der Waals surface area contributed by atoms with Crippen molar-refractivity contribution in [2.45, 2.75) is 13.0 Å². The minimum absolute atomic E-state index is 0.273. The number of carbonyl (C=O) groups is 2. The highest BCUT2D eigenvalue weighted by Gasteiger charge is 2.13. The molecule has 0 aliphatic heterocycles. The van der Waals surface area contributed by atoms with Gasteiger partial charge in [0.15, 0.2) is 0 Å². The van der Waals surface area contributed by atoms with E-state index < -0.39 is 23.7 Å². The summed E-state index contributed by atoms with van der Waals surface area (Å²) in [5, 5.41) is 2.40. The molecule has 0 spiro atoms. The van der Waals surface area contributed by atoms with Gasteiger partial charge in [0.1, 0.15) is 11.9 Å². The Kier molecular flexibility index (Phi) is 5.69. The Hall–Kier alpha value is -1.69. The molecule has 0 radical (unpaired) electrons. The molecule has 0 aromatic heterocycles. The average Bonchev–Trinajstić information content (AvgIpc) is 2.38. The highest BCUT2D eigenvalue weighted by atomic mass is 79.9. The zero-order valence-corrected chi connectivity index (χ0v) is 12.0. The van der Waals surface area contributed by atoms with Crippen molar-refractivity contribution in [1.82, 2.24) is 5.32 Å². The first-order valence-corrected chi connectivity index (χ1v) is 6.25. The Morgan fingerprint density at radius 3 is 2.79 bits per heavy atom. The molecule has 0 fully saturated rings. The van der Waals surface area contributed by atoms with E-state index in [4.69, 9.17) is 0 Å². The molecular weight excluding hydrogens is 317 g/mol. The number of esters is 1. The van der Waals surface area contributed by atoms with Gasteiger partial charge in [-0.25, -0.2) is 9.18 Å². The molecule has 102 valence electrons. The lowest BCUT2D eigenvalue weighted by Gasteiger charge is -2.09. The van der Waals surface area contributed by atoms with Gasteiger partial charge in [-0.3, -0.25) is 4.79 Å². The van der Waals surface area contributed by atoms with Gasteiger partial charge in [0.2, 0.25) is 5.91 Å². The number of carbonyl (C=O) groups excluding carboxylic acids is 2. The van der Waals surface area contributed by atoms with Crippen LogP contribution >= 0.6 is 15.9 Å². The van der Waals surface area contributed by atoms with Gasteiger partial charge in [0.05, 0.1) is 7.11 Å². The highest BCUT2D eigenvalue weighted by Crippen LogP contribution is 2.16. The molecule has 19 heavy (non-hydrogen) atoms. The molecule has 0 saturated heterocycles. The summed E-state index contributed by atoms with van der Waals surface area (Å²) in [6.07, 6.45) is 2.49. The first kappa shape index (κ1) is 15.4. The molecule has 4 nitrogen and oxygen atoms in total. The molecule has 1 aromatic carbocycles. The van der Waals surface area contributed by atoms with Gasteiger partial charge >= 0.3 is 5.97 Å². The van der Waals surface area contributed by atoms with Crippen LogP contribution in [-0.2, 0) is 14.3 Å². The minimum atomic E-state index is -0.755. The molecule has 0 unspecified atom stereocenters. The third-order valence-electron chi connectivity index (χ3n) is 2.29. The predicted molar refractivity (Wildman–Crippen MR) is 72.8 cm³/mol. The lowest BCUT2D eigenvalue weighted by Crippen LogP contribution is -2.38. The topological polar surface area (TPSA) is 55.4 Å². The molecule has 1 rings (SSSR count). The van der Waals surface area contributed by atoms with Crippen molar-refractivity contribution in [3.8, 4) is 0 Å². The molecule has 0 aliphatic carbocycles. The minimum Gasteiger partial charge on any atom is -0.467 e. The summed E-state index contributed by atoms with van der Waals surface area (Å²) in [7, 11) is 1.23. The molecule has 1 atom stereocenters. The van der Waals surface area contributed by atoms with Crippen LogP contribution in [0.5, 0.6) is 0 Å². The maximum atomic E-state index is 13.4. The Morgan fingerprint density at radius 2 is 2.16 bits per heavy atom. The molecule has 0 bridgehead atoms. The molecule has 1 amide bonds. The number of halogens is 2. The fraction of sp³-hybridized carbons (Fsp3) is 0.231. The van der Waals surface area contributed by atoms with Crippen molar-refractivity contribution < 1.29 is 18.7 Å². The second kappa shape index (κ2) is 7.04. The monoisotopic (exact) mass is 329 g/mol. The van der Waals surface area contributed by atoms with E-state index in [1.54, 1.807) is 12.1 Å². The molecule has 6 heteroatoms. The first-order valence-electron chi connectivity index (χ1n) is 5.45. The maximum absolute atomic E-state index is 13.4. The van der Waals surface area contributed by atoms with E-state index in [-0.39, 0.29) is 5.56 Å². The summed E-state index contributed by atoms with van der Waals surface area (Å²) in [6, 6.07) is 3.64. The molecule has 0 aliphatic rings. The quantitative estimate of drug-likeness (QED) is 0.681. The number of methoxy groups -OCH3 is 1. The number of hydrogen-bond donors (Lipinski definition) is 1. The number of nitrogens with one attached hydrogen (secondary N) is 1. The zero-order valence-electron chi connectivity index (χ0n) is 10.4. The van der Waals surface area contributed by atoms with Crippen molar-refractivity contribution in [2.75, 3.05) is 7.11 Å². The van der Waals surface area contributed by atoms with Crippen molar-refractivity contribution in [3.05, 3.63) is 40.1 Å². The van der Waals surface area contributed by atoms with Crippen LogP contribution in [0.25, 0.3) is 6.08 Å². The Morgan fingerprint density at radius 1 is 1.47 bits per heavy atom. The number of ether oxygens (including phenoxy) is 1. The fourth-order valence-electron chi connectivity index (χ4n) is 1.30. The van der Waals surface area contributed by atoms with Gasteiger partial charge in [0.25, 0.3) is 0 Å². The van der Waals surface area contributed by atoms with E-state index in [0.717, 1.165) is 6.08 Å². The van der Waals surface area contributed by atoms with Crippen molar-refractivity contribution in [2.24, 2.45) is 0 Å². The van der Waals surface area contributed by atoms with Gasteiger partial charge in [0, 0.05) is 16.1 Å². The third-order valence-corrected chi connectivity index (χ3v) is 2.78. The normalized spacial score (nSPS) is 12.2. The summed E-state index contributed by atoms with van der Waals surface area (Å²) in [4.78, 5) is 22.6. The van der Waals surface area contributed by atoms with Crippen LogP contribution in [-0.4, -0.2) is 25.0 Å². The number of benzene rings is 1. The SMILES string of the molecule is COC(=O)[C@@H](C)NC(=O)/C=C\c1cc(Br)ccc1F. The smallest absolute Gasteiger partial charge is 0.328 e. The summed E-state index contributed by atoms with van der Waals surface area (Å²) in [6.45, 7) is 1.50. The number of hydrogen-bond acceptors (Lipinski definition) is 3. The third kappa shape index (κ3) is 4.82.